The van der Waals surface area contributed by atoms with Crippen molar-refractivity contribution >= 4 is 88.4 Å². The molecule has 0 aliphatic heterocycles. The van der Waals surface area contributed by atoms with Crippen molar-refractivity contribution < 1.29 is 0 Å². The number of fused-ring (bicyclic) bond motifs is 3. The van der Waals surface area contributed by atoms with Crippen LogP contribution in [0.25, 0.3) is 27.5 Å². The Morgan fingerprint density at radius 3 is 1.33 bits per heavy atom. The van der Waals surface area contributed by atoms with Crippen LogP contribution in [0, 0.1) is 0 Å². The topological polar surface area (TPSA) is 4.93 Å². The van der Waals surface area contributed by atoms with Crippen LogP contribution in [0.15, 0.2) is 48.5 Å². The maximum absolute atomic E-state index is 2.45. The number of aromatic nitrogens is 1. The molecule has 4 aromatic rings. The minimum absolute atomic E-state index is 1.28. The second-order valence-electron chi connectivity index (χ2n) is 6.84. The van der Waals surface area contributed by atoms with Crippen molar-refractivity contribution in [2.75, 3.05) is 0 Å². The first-order chi connectivity index (χ1) is 11.5. The Kier molecular flexibility index (Phi) is 3.45. The monoisotopic (exact) mass is 303 g/mol. The first-order valence-corrected chi connectivity index (χ1v) is 8.58. The molecular weight excluding hydrogens is 284 g/mol. The van der Waals surface area contributed by atoms with Gasteiger partial charge in [-0.05, 0) is 12.1 Å². The summed E-state index contributed by atoms with van der Waals surface area (Å²) >= 11 is 0. The number of hydrogen-bond donors (Lipinski definition) is 0. The second kappa shape index (κ2) is 5.41. The summed E-state index contributed by atoms with van der Waals surface area (Å²) in [5.74, 6) is 0. The molecule has 1 aromatic heterocycles. The van der Waals surface area contributed by atoms with Gasteiger partial charge in [-0.1, -0.05) is 58.2 Å². The molecule has 0 radical (unpaired) electrons. The minimum Gasteiger partial charge on any atom is -0.310 e. The molecule has 0 bridgehead atoms. The first kappa shape index (κ1) is 15.3. The summed E-state index contributed by atoms with van der Waals surface area (Å²) in [5, 5.41) is 2.64. The molecular formula is C18H18B5N. The standard InChI is InChI=1S/C18H18B5N/c19-13-14(20)16(22)18(17(23)15(13)21)24-11-7-3-1-5-9(11)10-6-2-4-8-12(10)24/h1-8H,19-23H2. The van der Waals surface area contributed by atoms with Crippen molar-refractivity contribution in [1.82, 2.24) is 4.57 Å². The van der Waals surface area contributed by atoms with E-state index in [0.717, 1.165) is 0 Å². The van der Waals surface area contributed by atoms with Crippen molar-refractivity contribution in [2.45, 2.75) is 0 Å². The maximum atomic E-state index is 2.45. The first-order valence-electron chi connectivity index (χ1n) is 8.58. The molecule has 24 heavy (non-hydrogen) atoms. The summed E-state index contributed by atoms with van der Waals surface area (Å²) in [6, 6.07) is 17.5. The Morgan fingerprint density at radius 2 is 0.875 bits per heavy atom. The van der Waals surface area contributed by atoms with Gasteiger partial charge in [0.25, 0.3) is 0 Å². The van der Waals surface area contributed by atoms with Gasteiger partial charge in [-0.3, -0.25) is 0 Å². The molecule has 0 saturated carbocycles. The Morgan fingerprint density at radius 1 is 0.500 bits per heavy atom. The van der Waals surface area contributed by atoms with E-state index in [1.54, 1.807) is 0 Å². The molecule has 0 fully saturated rings. The van der Waals surface area contributed by atoms with Gasteiger partial charge in [0.05, 0.1) is 11.0 Å². The Balaban J connectivity index is 2.26. The molecule has 1 heterocycles. The highest BCUT2D eigenvalue weighted by Gasteiger charge is 2.17. The summed E-state index contributed by atoms with van der Waals surface area (Å²) in [4.78, 5) is 0. The van der Waals surface area contributed by atoms with Crippen LogP contribution in [-0.2, 0) is 0 Å². The van der Waals surface area contributed by atoms with Crippen molar-refractivity contribution in [1.29, 1.82) is 0 Å². The van der Waals surface area contributed by atoms with Crippen LogP contribution < -0.4 is 27.3 Å². The maximum Gasteiger partial charge on any atom is 0.141 e. The fourth-order valence-electron chi connectivity index (χ4n) is 3.98. The molecule has 0 amide bonds. The van der Waals surface area contributed by atoms with Crippen LogP contribution in [0.2, 0.25) is 0 Å². The predicted molar refractivity (Wildman–Crippen MR) is 122 cm³/mol. The Bertz CT molecular complexity index is 1030. The minimum atomic E-state index is 1.28. The lowest BCUT2D eigenvalue weighted by Gasteiger charge is -2.22. The van der Waals surface area contributed by atoms with E-state index in [0.29, 0.717) is 0 Å². The van der Waals surface area contributed by atoms with Gasteiger partial charge in [-0.15, -0.1) is 5.46 Å². The van der Waals surface area contributed by atoms with Gasteiger partial charge in [0.2, 0.25) is 0 Å². The van der Waals surface area contributed by atoms with Crippen LogP contribution in [-0.4, -0.2) is 43.8 Å². The molecule has 6 heteroatoms. The highest BCUT2D eigenvalue weighted by molar-refractivity contribution is 6.68. The molecule has 4 rings (SSSR count). The zero-order valence-electron chi connectivity index (χ0n) is 15.1. The number of nitrogens with zero attached hydrogens (tertiary/aromatic N) is 1. The highest BCUT2D eigenvalue weighted by Crippen LogP contribution is 2.30. The lowest BCUT2D eigenvalue weighted by atomic mass is 9.61. The SMILES string of the molecule is Bc1c(B)c(B)c(-n2c3ccccc3c3ccccc32)c(B)c1B. The summed E-state index contributed by atoms with van der Waals surface area (Å²) in [7, 11) is 11.2. The zero-order valence-corrected chi connectivity index (χ0v) is 15.1. The third kappa shape index (κ3) is 1.95. The number of para-hydroxylation sites is 2. The van der Waals surface area contributed by atoms with Crippen LogP contribution in [0.5, 0.6) is 0 Å². The van der Waals surface area contributed by atoms with Gasteiger partial charge in [0.1, 0.15) is 39.2 Å². The van der Waals surface area contributed by atoms with Crippen molar-refractivity contribution in [3.63, 3.8) is 0 Å². The highest BCUT2D eigenvalue weighted by atomic mass is 15.0. The predicted octanol–water partition coefficient (Wildman–Crippen LogP) is -3.92. The Labute approximate surface area is 147 Å². The van der Waals surface area contributed by atoms with Crippen LogP contribution in [0.3, 0.4) is 0 Å². The number of rotatable bonds is 1. The van der Waals surface area contributed by atoms with Crippen molar-refractivity contribution in [2.24, 2.45) is 0 Å². The largest absolute Gasteiger partial charge is 0.310 e. The van der Waals surface area contributed by atoms with E-state index >= 15 is 0 Å². The quantitative estimate of drug-likeness (QED) is 0.317. The molecule has 0 aliphatic carbocycles. The van der Waals surface area contributed by atoms with Gasteiger partial charge < -0.3 is 4.57 Å². The Hall–Kier alpha value is -2.22. The van der Waals surface area contributed by atoms with Crippen molar-refractivity contribution in [3.8, 4) is 5.69 Å². The number of benzene rings is 3. The molecule has 0 unspecified atom stereocenters. The molecule has 0 aliphatic rings. The average molecular weight is 302 g/mol. The van der Waals surface area contributed by atoms with Gasteiger partial charge in [0, 0.05) is 16.5 Å². The van der Waals surface area contributed by atoms with E-state index in [1.165, 1.54) is 54.8 Å². The molecule has 3 aromatic carbocycles. The molecule has 1 nitrogen and oxygen atoms in total. The zero-order chi connectivity index (χ0) is 17.0. The molecule has 0 spiro atoms. The lowest BCUT2D eigenvalue weighted by molar-refractivity contribution is 1.21. The average Bonchev–Trinajstić information content (AvgIpc) is 2.94. The molecule has 0 atom stereocenters. The van der Waals surface area contributed by atoms with E-state index in [4.69, 9.17) is 0 Å². The van der Waals surface area contributed by atoms with Crippen LogP contribution >= 0.6 is 0 Å². The van der Waals surface area contributed by atoms with Crippen molar-refractivity contribution in [3.05, 3.63) is 48.5 Å². The van der Waals surface area contributed by atoms with Gasteiger partial charge >= 0.3 is 0 Å². The van der Waals surface area contributed by atoms with E-state index in [9.17, 15) is 0 Å². The van der Waals surface area contributed by atoms with Gasteiger partial charge in [-0.2, -0.15) is 0 Å². The fourth-order valence-corrected chi connectivity index (χ4v) is 3.98. The molecule has 0 N–H and O–H groups in total. The lowest BCUT2D eigenvalue weighted by Crippen LogP contribution is -2.56. The van der Waals surface area contributed by atoms with Gasteiger partial charge in [0.15, 0.2) is 0 Å². The normalized spacial score (nSPS) is 11.3. The summed E-state index contributed by atoms with van der Waals surface area (Å²) in [6.07, 6.45) is 0. The summed E-state index contributed by atoms with van der Waals surface area (Å²) in [5.41, 5.74) is 10.9. The van der Waals surface area contributed by atoms with E-state index in [2.05, 4.69) is 92.3 Å². The molecule has 110 valence electrons. The third-order valence-electron chi connectivity index (χ3n) is 5.76. The smallest absolute Gasteiger partial charge is 0.141 e. The van der Waals surface area contributed by atoms with E-state index in [1.807, 2.05) is 0 Å². The number of hydrogen-bond acceptors (Lipinski definition) is 0. The summed E-state index contributed by atoms with van der Waals surface area (Å²) < 4.78 is 2.45. The van der Waals surface area contributed by atoms with E-state index in [-0.39, 0.29) is 0 Å². The van der Waals surface area contributed by atoms with Crippen LogP contribution in [0.1, 0.15) is 0 Å². The van der Waals surface area contributed by atoms with Crippen LogP contribution in [0.4, 0.5) is 0 Å². The third-order valence-corrected chi connectivity index (χ3v) is 5.76. The fraction of sp³-hybridized carbons (Fsp3) is 0. The molecule has 0 saturated heterocycles. The second-order valence-corrected chi connectivity index (χ2v) is 6.84. The van der Waals surface area contributed by atoms with E-state index < -0.39 is 0 Å². The van der Waals surface area contributed by atoms with Gasteiger partial charge in [-0.25, -0.2) is 0 Å². The summed E-state index contributed by atoms with van der Waals surface area (Å²) in [6.45, 7) is 0.